The smallest absolute Gasteiger partial charge is 0.148 e. The second-order valence-corrected chi connectivity index (χ2v) is 3.20. The fourth-order valence-electron chi connectivity index (χ4n) is 1.54. The van der Waals surface area contributed by atoms with Crippen LogP contribution in [0.5, 0.6) is 0 Å². The highest BCUT2D eigenvalue weighted by Crippen LogP contribution is 2.06. The van der Waals surface area contributed by atoms with Gasteiger partial charge in [0.25, 0.3) is 0 Å². The molecular formula is C7H13N5. The highest BCUT2D eigenvalue weighted by atomic mass is 15.5. The summed E-state index contributed by atoms with van der Waals surface area (Å²) in [5, 5.41) is 14.7. The van der Waals surface area contributed by atoms with Gasteiger partial charge in [0.05, 0.1) is 6.54 Å². The Morgan fingerprint density at radius 2 is 2.58 bits per heavy atom. The number of aromatic nitrogens is 4. The van der Waals surface area contributed by atoms with Gasteiger partial charge in [-0.1, -0.05) is 0 Å². The third kappa shape index (κ3) is 1.45. The summed E-state index contributed by atoms with van der Waals surface area (Å²) in [6.45, 7) is 3.96. The normalized spacial score (nSPS) is 23.2. The molecule has 0 spiro atoms. The highest BCUT2D eigenvalue weighted by molar-refractivity contribution is 4.79. The summed E-state index contributed by atoms with van der Waals surface area (Å²) in [5.41, 5.74) is 0. The van der Waals surface area contributed by atoms with Gasteiger partial charge in [0, 0.05) is 6.04 Å². The summed E-state index contributed by atoms with van der Waals surface area (Å²) in [6.07, 6.45) is 2.51. The second-order valence-electron chi connectivity index (χ2n) is 3.20. The van der Waals surface area contributed by atoms with Crippen molar-refractivity contribution >= 4 is 0 Å². The van der Waals surface area contributed by atoms with E-state index in [1.165, 1.54) is 12.8 Å². The van der Waals surface area contributed by atoms with E-state index in [1.807, 2.05) is 11.6 Å². The molecule has 0 saturated carbocycles. The molecule has 12 heavy (non-hydrogen) atoms. The Kier molecular flexibility index (Phi) is 2.03. The van der Waals surface area contributed by atoms with Crippen molar-refractivity contribution in [2.45, 2.75) is 32.4 Å². The van der Waals surface area contributed by atoms with Crippen molar-refractivity contribution in [2.24, 2.45) is 0 Å². The van der Waals surface area contributed by atoms with Crippen LogP contribution in [0.15, 0.2) is 0 Å². The number of nitrogens with zero attached hydrogens (tertiary/aromatic N) is 4. The fourth-order valence-corrected chi connectivity index (χ4v) is 1.54. The predicted octanol–water partition coefficient (Wildman–Crippen LogP) is -0.266. The van der Waals surface area contributed by atoms with Gasteiger partial charge in [-0.15, -0.1) is 5.10 Å². The molecule has 1 N–H and O–H groups in total. The largest absolute Gasteiger partial charge is 0.312 e. The number of aryl methyl sites for hydroxylation is 1. The zero-order chi connectivity index (χ0) is 8.39. The van der Waals surface area contributed by atoms with Crippen LogP contribution in [-0.4, -0.2) is 32.8 Å². The van der Waals surface area contributed by atoms with Crippen molar-refractivity contribution in [3.8, 4) is 0 Å². The highest BCUT2D eigenvalue weighted by Gasteiger charge is 2.15. The standard InChI is InChI=1S/C7H13N5/c1-6-9-10-11-12(6)5-7-3-2-4-8-7/h7-8H,2-5H2,1H3. The van der Waals surface area contributed by atoms with Gasteiger partial charge >= 0.3 is 0 Å². The van der Waals surface area contributed by atoms with Crippen molar-refractivity contribution in [3.63, 3.8) is 0 Å². The van der Waals surface area contributed by atoms with E-state index in [4.69, 9.17) is 0 Å². The third-order valence-corrected chi connectivity index (χ3v) is 2.27. The Balaban J connectivity index is 1.98. The Labute approximate surface area is 71.1 Å². The van der Waals surface area contributed by atoms with Gasteiger partial charge in [0.2, 0.25) is 0 Å². The lowest BCUT2D eigenvalue weighted by Crippen LogP contribution is -2.27. The molecule has 0 aromatic carbocycles. The Bertz CT molecular complexity index is 250. The Hall–Kier alpha value is -0.970. The van der Waals surface area contributed by atoms with E-state index in [0.717, 1.165) is 18.9 Å². The molecule has 1 aromatic heterocycles. The Morgan fingerprint density at radius 1 is 1.67 bits per heavy atom. The molecule has 1 aromatic rings. The molecule has 1 unspecified atom stereocenters. The van der Waals surface area contributed by atoms with Crippen molar-refractivity contribution in [1.82, 2.24) is 25.5 Å². The molecule has 1 aliphatic rings. The van der Waals surface area contributed by atoms with Crippen LogP contribution in [0, 0.1) is 6.92 Å². The van der Waals surface area contributed by atoms with Crippen molar-refractivity contribution in [1.29, 1.82) is 0 Å². The molecule has 0 amide bonds. The van der Waals surface area contributed by atoms with Crippen molar-refractivity contribution in [3.05, 3.63) is 5.82 Å². The quantitative estimate of drug-likeness (QED) is 0.659. The van der Waals surface area contributed by atoms with Crippen LogP contribution in [0.3, 0.4) is 0 Å². The van der Waals surface area contributed by atoms with E-state index in [1.54, 1.807) is 0 Å². The average Bonchev–Trinajstić information content (AvgIpc) is 2.65. The molecule has 5 nitrogen and oxygen atoms in total. The molecule has 0 bridgehead atoms. The molecule has 0 aliphatic carbocycles. The lowest BCUT2D eigenvalue weighted by atomic mass is 10.2. The van der Waals surface area contributed by atoms with Crippen LogP contribution >= 0.6 is 0 Å². The van der Waals surface area contributed by atoms with Gasteiger partial charge in [-0.05, 0) is 36.7 Å². The van der Waals surface area contributed by atoms with Gasteiger partial charge in [0.1, 0.15) is 5.82 Å². The molecular weight excluding hydrogens is 154 g/mol. The molecule has 0 radical (unpaired) electrons. The zero-order valence-corrected chi connectivity index (χ0v) is 7.19. The number of tetrazole rings is 1. The van der Waals surface area contributed by atoms with Gasteiger partial charge in [-0.25, -0.2) is 4.68 Å². The first-order valence-corrected chi connectivity index (χ1v) is 4.32. The summed E-state index contributed by atoms with van der Waals surface area (Å²) in [4.78, 5) is 0. The van der Waals surface area contributed by atoms with E-state index in [-0.39, 0.29) is 0 Å². The molecule has 66 valence electrons. The minimum atomic E-state index is 0.562. The number of hydrogen-bond acceptors (Lipinski definition) is 4. The van der Waals surface area contributed by atoms with E-state index in [2.05, 4.69) is 20.8 Å². The zero-order valence-electron chi connectivity index (χ0n) is 7.19. The number of rotatable bonds is 2. The summed E-state index contributed by atoms with van der Waals surface area (Å²) < 4.78 is 1.85. The van der Waals surface area contributed by atoms with Gasteiger partial charge in [-0.2, -0.15) is 0 Å². The first kappa shape index (κ1) is 7.67. The average molecular weight is 167 g/mol. The van der Waals surface area contributed by atoms with Crippen molar-refractivity contribution in [2.75, 3.05) is 6.54 Å². The van der Waals surface area contributed by atoms with Crippen LogP contribution in [0.2, 0.25) is 0 Å². The van der Waals surface area contributed by atoms with Crippen LogP contribution in [0.1, 0.15) is 18.7 Å². The Morgan fingerprint density at radius 3 is 3.17 bits per heavy atom. The van der Waals surface area contributed by atoms with E-state index < -0.39 is 0 Å². The molecule has 1 aliphatic heterocycles. The van der Waals surface area contributed by atoms with E-state index in [9.17, 15) is 0 Å². The van der Waals surface area contributed by atoms with Gasteiger partial charge in [0.15, 0.2) is 0 Å². The van der Waals surface area contributed by atoms with Crippen LogP contribution in [0.4, 0.5) is 0 Å². The van der Waals surface area contributed by atoms with Crippen LogP contribution in [0.25, 0.3) is 0 Å². The number of nitrogens with one attached hydrogen (secondary N) is 1. The minimum Gasteiger partial charge on any atom is -0.312 e. The topological polar surface area (TPSA) is 55.6 Å². The summed E-state index contributed by atoms with van der Waals surface area (Å²) in [6, 6.07) is 0.562. The maximum absolute atomic E-state index is 3.89. The number of hydrogen-bond donors (Lipinski definition) is 1. The van der Waals surface area contributed by atoms with Gasteiger partial charge < -0.3 is 5.32 Å². The maximum Gasteiger partial charge on any atom is 0.148 e. The maximum atomic E-state index is 3.89. The third-order valence-electron chi connectivity index (χ3n) is 2.27. The molecule has 1 atom stereocenters. The molecule has 1 fully saturated rings. The van der Waals surface area contributed by atoms with E-state index >= 15 is 0 Å². The fraction of sp³-hybridized carbons (Fsp3) is 0.857. The minimum absolute atomic E-state index is 0.562. The lowest BCUT2D eigenvalue weighted by molar-refractivity contribution is 0.459. The summed E-state index contributed by atoms with van der Waals surface area (Å²) in [7, 11) is 0. The predicted molar refractivity (Wildman–Crippen MR) is 43.6 cm³/mol. The monoisotopic (exact) mass is 167 g/mol. The molecule has 2 heterocycles. The molecule has 1 saturated heterocycles. The van der Waals surface area contributed by atoms with Crippen LogP contribution in [-0.2, 0) is 6.54 Å². The lowest BCUT2D eigenvalue weighted by Gasteiger charge is -2.09. The summed E-state index contributed by atoms with van der Waals surface area (Å²) >= 11 is 0. The molecule has 2 rings (SSSR count). The van der Waals surface area contributed by atoms with Gasteiger partial charge in [-0.3, -0.25) is 0 Å². The first-order chi connectivity index (χ1) is 5.86. The summed E-state index contributed by atoms with van der Waals surface area (Å²) in [5.74, 6) is 0.892. The van der Waals surface area contributed by atoms with Crippen molar-refractivity contribution < 1.29 is 0 Å². The van der Waals surface area contributed by atoms with Crippen LogP contribution < -0.4 is 5.32 Å². The second kappa shape index (κ2) is 3.18. The SMILES string of the molecule is Cc1nnnn1CC1CCCN1. The first-order valence-electron chi connectivity index (χ1n) is 4.32. The molecule has 5 heteroatoms. The van der Waals surface area contributed by atoms with E-state index in [0.29, 0.717) is 6.04 Å².